The molecular formula is C15H28N2S. The van der Waals surface area contributed by atoms with E-state index in [1.807, 2.05) is 11.8 Å². The zero-order valence-electron chi connectivity index (χ0n) is 11.9. The highest BCUT2D eigenvalue weighted by molar-refractivity contribution is 8.14. The van der Waals surface area contributed by atoms with Crippen molar-refractivity contribution in [2.45, 2.75) is 70.8 Å². The van der Waals surface area contributed by atoms with Gasteiger partial charge >= 0.3 is 0 Å². The summed E-state index contributed by atoms with van der Waals surface area (Å²) in [4.78, 5) is 7.41. The Morgan fingerprint density at radius 1 is 1.17 bits per heavy atom. The van der Waals surface area contributed by atoms with Crippen molar-refractivity contribution in [3.63, 3.8) is 0 Å². The maximum atomic E-state index is 4.83. The number of unbranched alkanes of at least 4 members (excludes halogenated alkanes) is 5. The lowest BCUT2D eigenvalue weighted by Gasteiger charge is -2.30. The molecule has 2 nitrogen and oxygen atoms in total. The molecule has 2 aliphatic rings. The Morgan fingerprint density at radius 2 is 2.00 bits per heavy atom. The predicted octanol–water partition coefficient (Wildman–Crippen LogP) is 4.30. The molecule has 0 saturated carbocycles. The van der Waals surface area contributed by atoms with Crippen LogP contribution in [0, 0.1) is 0 Å². The van der Waals surface area contributed by atoms with Crippen LogP contribution in [0.2, 0.25) is 0 Å². The van der Waals surface area contributed by atoms with Gasteiger partial charge in [-0.1, -0.05) is 50.8 Å². The highest BCUT2D eigenvalue weighted by Gasteiger charge is 2.31. The van der Waals surface area contributed by atoms with Gasteiger partial charge in [0.15, 0.2) is 5.17 Å². The number of aliphatic imine (C=N–C) groups is 1. The molecule has 2 rings (SSSR count). The number of nitrogens with zero attached hydrogens (tertiary/aromatic N) is 2. The summed E-state index contributed by atoms with van der Waals surface area (Å²) in [7, 11) is 0. The van der Waals surface area contributed by atoms with Gasteiger partial charge in [-0.25, -0.2) is 0 Å². The van der Waals surface area contributed by atoms with Crippen LogP contribution in [-0.2, 0) is 0 Å². The molecule has 0 aromatic rings. The van der Waals surface area contributed by atoms with E-state index in [1.165, 1.54) is 75.3 Å². The van der Waals surface area contributed by atoms with E-state index in [-0.39, 0.29) is 0 Å². The number of thioether (sulfide) groups is 1. The molecule has 2 aliphatic heterocycles. The lowest BCUT2D eigenvalue weighted by Crippen LogP contribution is -2.38. The van der Waals surface area contributed by atoms with Crippen molar-refractivity contribution in [1.29, 1.82) is 0 Å². The number of hydrogen-bond acceptors (Lipinski definition) is 2. The van der Waals surface area contributed by atoms with E-state index in [4.69, 9.17) is 4.99 Å². The third kappa shape index (κ3) is 4.18. The van der Waals surface area contributed by atoms with Gasteiger partial charge in [0.05, 0.1) is 0 Å². The molecule has 2 heterocycles. The van der Waals surface area contributed by atoms with Gasteiger partial charge in [0.25, 0.3) is 0 Å². The van der Waals surface area contributed by atoms with Gasteiger partial charge in [0, 0.05) is 24.9 Å². The highest BCUT2D eigenvalue weighted by Crippen LogP contribution is 2.30. The Hall–Kier alpha value is -0.180. The lowest BCUT2D eigenvalue weighted by molar-refractivity contribution is 0.274. The summed E-state index contributed by atoms with van der Waals surface area (Å²) >= 11 is 2.00. The molecular weight excluding hydrogens is 240 g/mol. The van der Waals surface area contributed by atoms with Crippen molar-refractivity contribution in [1.82, 2.24) is 4.90 Å². The quantitative estimate of drug-likeness (QED) is 0.640. The van der Waals surface area contributed by atoms with Crippen LogP contribution in [0.5, 0.6) is 0 Å². The fourth-order valence-corrected chi connectivity index (χ4v) is 4.16. The first-order valence-corrected chi connectivity index (χ1v) is 8.84. The van der Waals surface area contributed by atoms with E-state index < -0.39 is 0 Å². The molecule has 0 N–H and O–H groups in total. The summed E-state index contributed by atoms with van der Waals surface area (Å²) in [5, 5.41) is 1.35. The van der Waals surface area contributed by atoms with Crippen LogP contribution in [0.15, 0.2) is 4.99 Å². The second-order valence-corrected chi connectivity index (χ2v) is 6.57. The standard InChI is InChI=1S/C15H28N2S/c1-2-3-4-5-6-8-11-16-15-17-12-9-7-10-14(17)13-18-15/h14H,2-13H2,1H3/b16-15-/t14-/m0/s1. The van der Waals surface area contributed by atoms with Crippen LogP contribution >= 0.6 is 11.8 Å². The molecule has 1 atom stereocenters. The number of fused-ring (bicyclic) bond motifs is 1. The normalized spacial score (nSPS) is 25.7. The molecule has 104 valence electrons. The van der Waals surface area contributed by atoms with Crippen molar-refractivity contribution in [2.24, 2.45) is 4.99 Å². The van der Waals surface area contributed by atoms with Crippen LogP contribution in [0.25, 0.3) is 0 Å². The molecule has 3 heteroatoms. The van der Waals surface area contributed by atoms with Crippen LogP contribution in [0.1, 0.15) is 64.7 Å². The molecule has 2 saturated heterocycles. The molecule has 0 radical (unpaired) electrons. The molecule has 18 heavy (non-hydrogen) atoms. The molecule has 2 fully saturated rings. The molecule has 0 spiro atoms. The van der Waals surface area contributed by atoms with Crippen LogP contribution in [-0.4, -0.2) is 35.0 Å². The van der Waals surface area contributed by atoms with E-state index in [1.54, 1.807) is 0 Å². The number of amidine groups is 1. The fraction of sp³-hybridized carbons (Fsp3) is 0.933. The van der Waals surface area contributed by atoms with E-state index in [2.05, 4.69) is 11.8 Å². The molecule has 0 aromatic carbocycles. The van der Waals surface area contributed by atoms with Crippen molar-refractivity contribution in [3.05, 3.63) is 0 Å². The number of hydrogen-bond donors (Lipinski definition) is 0. The molecule has 0 amide bonds. The summed E-state index contributed by atoms with van der Waals surface area (Å²) in [6.07, 6.45) is 12.4. The average molecular weight is 268 g/mol. The lowest BCUT2D eigenvalue weighted by atomic mass is 10.1. The van der Waals surface area contributed by atoms with Gasteiger partial charge in [-0.3, -0.25) is 4.99 Å². The number of piperidine rings is 1. The molecule has 0 bridgehead atoms. The smallest absolute Gasteiger partial charge is 0.159 e. The topological polar surface area (TPSA) is 15.6 Å². The predicted molar refractivity (Wildman–Crippen MR) is 82.5 cm³/mol. The summed E-state index contributed by atoms with van der Waals surface area (Å²) < 4.78 is 0. The second-order valence-electron chi connectivity index (χ2n) is 5.59. The first kappa shape index (κ1) is 14.2. The number of rotatable bonds is 7. The summed E-state index contributed by atoms with van der Waals surface area (Å²) in [5.74, 6) is 1.29. The molecule has 0 aromatic heterocycles. The maximum absolute atomic E-state index is 4.83. The second kappa shape index (κ2) is 8.08. The Balaban J connectivity index is 1.61. The van der Waals surface area contributed by atoms with E-state index >= 15 is 0 Å². The molecule has 0 aliphatic carbocycles. The first-order valence-electron chi connectivity index (χ1n) is 7.85. The van der Waals surface area contributed by atoms with E-state index in [0.717, 1.165) is 12.6 Å². The SMILES string of the molecule is CCCCCCCC/N=C1\SC[C@@H]2CCCCN12. The minimum absolute atomic E-state index is 0.812. The monoisotopic (exact) mass is 268 g/mol. The zero-order valence-corrected chi connectivity index (χ0v) is 12.7. The summed E-state index contributed by atoms with van der Waals surface area (Å²) in [6, 6.07) is 0.812. The van der Waals surface area contributed by atoms with E-state index in [0.29, 0.717) is 0 Å². The summed E-state index contributed by atoms with van der Waals surface area (Å²) in [5.41, 5.74) is 0. The van der Waals surface area contributed by atoms with Crippen molar-refractivity contribution in [3.8, 4) is 0 Å². The van der Waals surface area contributed by atoms with Crippen molar-refractivity contribution < 1.29 is 0 Å². The van der Waals surface area contributed by atoms with Gasteiger partial charge in [-0.05, 0) is 25.7 Å². The van der Waals surface area contributed by atoms with Gasteiger partial charge < -0.3 is 4.90 Å². The van der Waals surface area contributed by atoms with Gasteiger partial charge in [0.2, 0.25) is 0 Å². The Kier molecular flexibility index (Phi) is 6.39. The minimum Gasteiger partial charge on any atom is -0.348 e. The van der Waals surface area contributed by atoms with Crippen molar-refractivity contribution >= 4 is 16.9 Å². The Bertz CT molecular complexity index is 265. The third-order valence-corrected chi connectivity index (χ3v) is 5.21. The van der Waals surface area contributed by atoms with Crippen molar-refractivity contribution in [2.75, 3.05) is 18.8 Å². The van der Waals surface area contributed by atoms with Crippen LogP contribution < -0.4 is 0 Å². The van der Waals surface area contributed by atoms with E-state index in [9.17, 15) is 0 Å². The largest absolute Gasteiger partial charge is 0.348 e. The Morgan fingerprint density at radius 3 is 2.89 bits per heavy atom. The third-order valence-electron chi connectivity index (χ3n) is 4.04. The van der Waals surface area contributed by atoms with Gasteiger partial charge in [-0.15, -0.1) is 0 Å². The van der Waals surface area contributed by atoms with Crippen LogP contribution in [0.3, 0.4) is 0 Å². The molecule has 0 unspecified atom stereocenters. The first-order chi connectivity index (χ1) is 8.92. The average Bonchev–Trinajstić information content (AvgIpc) is 2.81. The highest BCUT2D eigenvalue weighted by atomic mass is 32.2. The summed E-state index contributed by atoms with van der Waals surface area (Å²) in [6.45, 7) is 4.59. The van der Waals surface area contributed by atoms with Gasteiger partial charge in [0.1, 0.15) is 0 Å². The fourth-order valence-electron chi connectivity index (χ4n) is 2.88. The van der Waals surface area contributed by atoms with Gasteiger partial charge in [-0.2, -0.15) is 0 Å². The zero-order chi connectivity index (χ0) is 12.6. The Labute approximate surface area is 117 Å². The minimum atomic E-state index is 0.812. The van der Waals surface area contributed by atoms with Crippen LogP contribution in [0.4, 0.5) is 0 Å². The maximum Gasteiger partial charge on any atom is 0.159 e.